The number of rotatable bonds is 2. The van der Waals surface area contributed by atoms with Crippen molar-refractivity contribution >= 4 is 5.91 Å². The molecule has 4 heteroatoms. The first-order valence-corrected chi connectivity index (χ1v) is 6.05. The van der Waals surface area contributed by atoms with Crippen LogP contribution in [0.3, 0.4) is 0 Å². The van der Waals surface area contributed by atoms with Crippen molar-refractivity contribution in [3.63, 3.8) is 0 Å². The van der Waals surface area contributed by atoms with Gasteiger partial charge in [0.2, 0.25) is 5.91 Å². The van der Waals surface area contributed by atoms with Gasteiger partial charge in [0.15, 0.2) is 0 Å². The van der Waals surface area contributed by atoms with E-state index in [1.165, 1.54) is 5.56 Å². The molecule has 0 aliphatic heterocycles. The number of aromatic nitrogens is 1. The fourth-order valence-electron chi connectivity index (χ4n) is 2.47. The van der Waals surface area contributed by atoms with Gasteiger partial charge < -0.3 is 9.42 Å². The number of hydrogen-bond acceptors (Lipinski definition) is 3. The Morgan fingerprint density at radius 1 is 1.53 bits per heavy atom. The molecule has 17 heavy (non-hydrogen) atoms. The third-order valence-corrected chi connectivity index (χ3v) is 3.71. The van der Waals surface area contributed by atoms with E-state index in [1.807, 2.05) is 21.0 Å². The molecule has 0 fully saturated rings. The summed E-state index contributed by atoms with van der Waals surface area (Å²) in [6.07, 6.45) is 3.43. The number of hydrogen-bond donors (Lipinski definition) is 0. The van der Waals surface area contributed by atoms with Gasteiger partial charge in [0, 0.05) is 26.1 Å². The molecule has 1 aromatic heterocycles. The normalized spacial score (nSPS) is 23.3. The summed E-state index contributed by atoms with van der Waals surface area (Å²) in [5.74, 6) is 1.10. The van der Waals surface area contributed by atoms with Gasteiger partial charge in [-0.15, -0.1) is 0 Å². The molecular weight excluding hydrogens is 216 g/mol. The molecule has 4 nitrogen and oxygen atoms in total. The van der Waals surface area contributed by atoms with E-state index in [1.54, 1.807) is 4.90 Å². The molecule has 1 aliphatic carbocycles. The van der Waals surface area contributed by atoms with Crippen molar-refractivity contribution in [2.24, 2.45) is 5.41 Å². The van der Waals surface area contributed by atoms with Crippen molar-refractivity contribution in [3.8, 4) is 0 Å². The van der Waals surface area contributed by atoms with Gasteiger partial charge in [-0.25, -0.2) is 0 Å². The molecule has 0 bridgehead atoms. The van der Waals surface area contributed by atoms with E-state index in [0.29, 0.717) is 6.42 Å². The predicted octanol–water partition coefficient (Wildman–Crippen LogP) is 1.96. The first-order valence-electron chi connectivity index (χ1n) is 6.05. The number of fused-ring (bicyclic) bond motifs is 1. The van der Waals surface area contributed by atoms with E-state index >= 15 is 0 Å². The topological polar surface area (TPSA) is 46.3 Å². The Labute approximate surface area is 102 Å². The lowest BCUT2D eigenvalue weighted by Crippen LogP contribution is -2.33. The van der Waals surface area contributed by atoms with Crippen molar-refractivity contribution in [1.82, 2.24) is 10.1 Å². The highest BCUT2D eigenvalue weighted by atomic mass is 16.5. The molecule has 1 aliphatic rings. The maximum Gasteiger partial charge on any atom is 0.222 e. The highest BCUT2D eigenvalue weighted by Crippen LogP contribution is 2.39. The van der Waals surface area contributed by atoms with Crippen LogP contribution in [0.25, 0.3) is 0 Å². The Kier molecular flexibility index (Phi) is 2.98. The molecule has 0 aromatic carbocycles. The molecule has 0 radical (unpaired) electrons. The van der Waals surface area contributed by atoms with Crippen LogP contribution >= 0.6 is 0 Å². The molecule has 0 saturated heterocycles. The zero-order chi connectivity index (χ0) is 12.6. The molecule has 94 valence electrons. The molecule has 1 unspecified atom stereocenters. The van der Waals surface area contributed by atoms with Crippen LogP contribution in [0.5, 0.6) is 0 Å². The summed E-state index contributed by atoms with van der Waals surface area (Å²) in [6, 6.07) is 0. The maximum atomic E-state index is 11.8. The van der Waals surface area contributed by atoms with E-state index < -0.39 is 0 Å². The third kappa shape index (κ3) is 2.35. The van der Waals surface area contributed by atoms with Crippen LogP contribution in [0.1, 0.15) is 36.8 Å². The Balaban J connectivity index is 2.15. The lowest BCUT2D eigenvalue weighted by molar-refractivity contribution is -0.131. The maximum absolute atomic E-state index is 11.8. The smallest absolute Gasteiger partial charge is 0.222 e. The molecular formula is C13H20N2O2. The van der Waals surface area contributed by atoms with Crippen LogP contribution in [-0.2, 0) is 17.6 Å². The Bertz CT molecular complexity index is 437. The van der Waals surface area contributed by atoms with Crippen LogP contribution in [0.2, 0.25) is 0 Å². The summed E-state index contributed by atoms with van der Waals surface area (Å²) < 4.78 is 5.22. The SMILES string of the molecule is Cc1onc2c1CC(C)(CC(=O)N(C)C)CC2. The first kappa shape index (κ1) is 12.1. The molecule has 1 amide bonds. The molecule has 0 N–H and O–H groups in total. The second-order valence-corrected chi connectivity index (χ2v) is 5.62. The van der Waals surface area contributed by atoms with Gasteiger partial charge in [-0.1, -0.05) is 12.1 Å². The highest BCUT2D eigenvalue weighted by Gasteiger charge is 2.35. The van der Waals surface area contributed by atoms with Crippen LogP contribution < -0.4 is 0 Å². The predicted molar refractivity (Wildman–Crippen MR) is 64.7 cm³/mol. The summed E-state index contributed by atoms with van der Waals surface area (Å²) in [5.41, 5.74) is 2.34. The van der Waals surface area contributed by atoms with Crippen LogP contribution in [-0.4, -0.2) is 30.1 Å². The van der Waals surface area contributed by atoms with Gasteiger partial charge in [0.05, 0.1) is 5.69 Å². The van der Waals surface area contributed by atoms with Crippen LogP contribution in [0.15, 0.2) is 4.52 Å². The van der Waals surface area contributed by atoms with Gasteiger partial charge in [-0.2, -0.15) is 0 Å². The van der Waals surface area contributed by atoms with Gasteiger partial charge in [-0.05, 0) is 31.6 Å². The lowest BCUT2D eigenvalue weighted by Gasteiger charge is -2.33. The second kappa shape index (κ2) is 4.17. The largest absolute Gasteiger partial charge is 0.361 e. The van der Waals surface area contributed by atoms with E-state index in [2.05, 4.69) is 12.1 Å². The summed E-state index contributed by atoms with van der Waals surface area (Å²) in [4.78, 5) is 13.5. The summed E-state index contributed by atoms with van der Waals surface area (Å²) in [7, 11) is 3.62. The van der Waals surface area contributed by atoms with Crippen molar-refractivity contribution in [2.75, 3.05) is 14.1 Å². The average Bonchev–Trinajstić information content (AvgIpc) is 2.59. The minimum Gasteiger partial charge on any atom is -0.361 e. The first-order chi connectivity index (χ1) is 7.91. The standard InChI is InChI=1S/C13H20N2O2/c1-9-10-7-13(2,8-12(16)15(3)4)6-5-11(10)14-17-9/h5-8H2,1-4H3. The number of aryl methyl sites for hydroxylation is 2. The minimum atomic E-state index is 0.0463. The minimum absolute atomic E-state index is 0.0463. The molecule has 0 saturated carbocycles. The fourth-order valence-corrected chi connectivity index (χ4v) is 2.47. The summed E-state index contributed by atoms with van der Waals surface area (Å²) in [5, 5.41) is 4.07. The van der Waals surface area contributed by atoms with E-state index in [0.717, 1.165) is 30.7 Å². The zero-order valence-electron chi connectivity index (χ0n) is 11.0. The van der Waals surface area contributed by atoms with Gasteiger partial charge in [-0.3, -0.25) is 4.79 Å². The fraction of sp³-hybridized carbons (Fsp3) is 0.692. The second-order valence-electron chi connectivity index (χ2n) is 5.62. The summed E-state index contributed by atoms with van der Waals surface area (Å²) >= 11 is 0. The number of carbonyl (C=O) groups is 1. The molecule has 2 rings (SSSR count). The average molecular weight is 236 g/mol. The van der Waals surface area contributed by atoms with E-state index in [-0.39, 0.29) is 11.3 Å². The summed E-state index contributed by atoms with van der Waals surface area (Å²) in [6.45, 7) is 4.13. The van der Waals surface area contributed by atoms with Crippen LogP contribution in [0.4, 0.5) is 0 Å². The molecule has 1 atom stereocenters. The van der Waals surface area contributed by atoms with Crippen LogP contribution in [0, 0.1) is 12.3 Å². The zero-order valence-corrected chi connectivity index (χ0v) is 11.0. The number of amides is 1. The molecule has 1 aromatic rings. The van der Waals surface area contributed by atoms with Crippen molar-refractivity contribution < 1.29 is 9.32 Å². The monoisotopic (exact) mass is 236 g/mol. The Hall–Kier alpha value is -1.32. The number of carbonyl (C=O) groups excluding carboxylic acids is 1. The van der Waals surface area contributed by atoms with Crippen molar-refractivity contribution in [1.29, 1.82) is 0 Å². The van der Waals surface area contributed by atoms with Crippen molar-refractivity contribution in [2.45, 2.75) is 39.5 Å². The third-order valence-electron chi connectivity index (χ3n) is 3.71. The molecule has 0 spiro atoms. The van der Waals surface area contributed by atoms with Gasteiger partial charge in [0.25, 0.3) is 0 Å². The number of nitrogens with zero attached hydrogens (tertiary/aromatic N) is 2. The quantitative estimate of drug-likeness (QED) is 0.788. The Morgan fingerprint density at radius 3 is 2.88 bits per heavy atom. The lowest BCUT2D eigenvalue weighted by atomic mass is 9.72. The molecule has 1 heterocycles. The van der Waals surface area contributed by atoms with E-state index in [4.69, 9.17) is 4.52 Å². The van der Waals surface area contributed by atoms with Gasteiger partial charge in [0.1, 0.15) is 5.76 Å². The highest BCUT2D eigenvalue weighted by molar-refractivity contribution is 5.76. The van der Waals surface area contributed by atoms with E-state index in [9.17, 15) is 4.79 Å². The Morgan fingerprint density at radius 2 is 2.24 bits per heavy atom. The van der Waals surface area contributed by atoms with Crippen molar-refractivity contribution in [3.05, 3.63) is 17.0 Å². The van der Waals surface area contributed by atoms with Gasteiger partial charge >= 0.3 is 0 Å².